The van der Waals surface area contributed by atoms with Gasteiger partial charge in [-0.25, -0.2) is 0 Å². The largest absolute Gasteiger partial charge is 0.418 e. The van der Waals surface area contributed by atoms with Crippen molar-refractivity contribution < 1.29 is 28.3 Å². The SMILES string of the molecule is O=[N+]([O-])c1cc(C(F)(F)F)c(Cl)cc1N(CCO)CCCO. The summed E-state index contributed by atoms with van der Waals surface area (Å²) < 4.78 is 38.3. The first-order valence-electron chi connectivity index (χ1n) is 6.24. The van der Waals surface area contributed by atoms with Gasteiger partial charge in [-0.1, -0.05) is 11.6 Å². The van der Waals surface area contributed by atoms with Crippen LogP contribution in [0.3, 0.4) is 0 Å². The highest BCUT2D eigenvalue weighted by molar-refractivity contribution is 6.31. The van der Waals surface area contributed by atoms with Crippen molar-refractivity contribution in [3.8, 4) is 0 Å². The van der Waals surface area contributed by atoms with Gasteiger partial charge in [-0.15, -0.1) is 0 Å². The van der Waals surface area contributed by atoms with E-state index in [-0.39, 0.29) is 38.4 Å². The Bertz CT molecular complexity index is 540. The lowest BCUT2D eigenvalue weighted by Crippen LogP contribution is -2.29. The fourth-order valence-corrected chi connectivity index (χ4v) is 2.17. The number of rotatable bonds is 7. The highest BCUT2D eigenvalue weighted by atomic mass is 35.5. The van der Waals surface area contributed by atoms with Crippen LogP contribution >= 0.6 is 11.6 Å². The minimum absolute atomic E-state index is 0.0392. The molecule has 0 heterocycles. The van der Waals surface area contributed by atoms with E-state index < -0.39 is 27.4 Å². The molecular weight excluding hydrogens is 329 g/mol. The fraction of sp³-hybridized carbons (Fsp3) is 0.500. The van der Waals surface area contributed by atoms with Gasteiger partial charge in [0.15, 0.2) is 0 Å². The Balaban J connectivity index is 3.38. The van der Waals surface area contributed by atoms with Crippen molar-refractivity contribution in [2.24, 2.45) is 0 Å². The number of anilines is 1. The highest BCUT2D eigenvalue weighted by Gasteiger charge is 2.36. The van der Waals surface area contributed by atoms with Crippen LogP contribution in [0.4, 0.5) is 24.5 Å². The summed E-state index contributed by atoms with van der Waals surface area (Å²) in [6.07, 6.45) is -4.58. The lowest BCUT2D eigenvalue weighted by atomic mass is 10.1. The lowest BCUT2D eigenvalue weighted by Gasteiger charge is -2.24. The Kier molecular flexibility index (Phi) is 6.39. The van der Waals surface area contributed by atoms with Crippen LogP contribution in [0.2, 0.25) is 5.02 Å². The van der Waals surface area contributed by atoms with Gasteiger partial charge in [0.2, 0.25) is 0 Å². The number of aliphatic hydroxyl groups is 2. The summed E-state index contributed by atoms with van der Waals surface area (Å²) in [5, 5.41) is 28.2. The number of hydrogen-bond acceptors (Lipinski definition) is 5. The maximum Gasteiger partial charge on any atom is 0.418 e. The molecule has 2 N–H and O–H groups in total. The molecule has 0 aliphatic heterocycles. The van der Waals surface area contributed by atoms with E-state index in [0.29, 0.717) is 6.07 Å². The van der Waals surface area contributed by atoms with Crippen LogP contribution in [0.15, 0.2) is 12.1 Å². The Hall–Kier alpha value is -1.58. The van der Waals surface area contributed by atoms with E-state index in [9.17, 15) is 23.3 Å². The summed E-state index contributed by atoms with van der Waals surface area (Å²) in [5.41, 5.74) is -2.19. The number of benzene rings is 1. The Morgan fingerprint density at radius 1 is 1.23 bits per heavy atom. The summed E-state index contributed by atoms with van der Waals surface area (Å²) in [5.74, 6) is 0. The molecule has 0 aliphatic rings. The van der Waals surface area contributed by atoms with Gasteiger partial charge >= 0.3 is 6.18 Å². The second-order valence-corrected chi connectivity index (χ2v) is 4.77. The van der Waals surface area contributed by atoms with Gasteiger partial charge in [0.05, 0.1) is 22.1 Å². The summed E-state index contributed by atoms with van der Waals surface area (Å²) in [6, 6.07) is 1.23. The van der Waals surface area contributed by atoms with E-state index in [2.05, 4.69) is 0 Å². The predicted octanol–water partition coefficient (Wildman–Crippen LogP) is 2.45. The molecule has 0 saturated carbocycles. The van der Waals surface area contributed by atoms with Crippen molar-refractivity contribution >= 4 is 23.0 Å². The van der Waals surface area contributed by atoms with Crippen LogP contribution in [0.5, 0.6) is 0 Å². The quantitative estimate of drug-likeness (QED) is 0.587. The monoisotopic (exact) mass is 342 g/mol. The van der Waals surface area contributed by atoms with E-state index in [1.54, 1.807) is 0 Å². The first kappa shape index (κ1) is 18.5. The van der Waals surface area contributed by atoms with Crippen LogP contribution in [-0.4, -0.2) is 41.4 Å². The molecule has 10 heteroatoms. The molecule has 1 aromatic rings. The van der Waals surface area contributed by atoms with E-state index in [4.69, 9.17) is 21.8 Å². The summed E-state index contributed by atoms with van der Waals surface area (Å²) in [7, 11) is 0. The second kappa shape index (κ2) is 7.61. The van der Waals surface area contributed by atoms with Gasteiger partial charge in [-0.05, 0) is 12.5 Å². The lowest BCUT2D eigenvalue weighted by molar-refractivity contribution is -0.384. The van der Waals surface area contributed by atoms with Crippen molar-refractivity contribution in [3.63, 3.8) is 0 Å². The number of alkyl halides is 3. The molecule has 0 amide bonds. The third kappa shape index (κ3) is 4.46. The molecule has 1 aromatic carbocycles. The maximum absolute atomic E-state index is 12.8. The Morgan fingerprint density at radius 3 is 2.32 bits per heavy atom. The van der Waals surface area contributed by atoms with Gasteiger partial charge in [0, 0.05) is 25.8 Å². The molecule has 0 atom stereocenters. The molecule has 1 rings (SSSR count). The van der Waals surface area contributed by atoms with E-state index in [0.717, 1.165) is 6.07 Å². The average molecular weight is 343 g/mol. The zero-order valence-electron chi connectivity index (χ0n) is 11.3. The van der Waals surface area contributed by atoms with Gasteiger partial charge in [0.25, 0.3) is 5.69 Å². The minimum atomic E-state index is -4.81. The van der Waals surface area contributed by atoms with Crippen molar-refractivity contribution in [1.82, 2.24) is 0 Å². The number of halogens is 4. The van der Waals surface area contributed by atoms with Gasteiger partial charge < -0.3 is 15.1 Å². The van der Waals surface area contributed by atoms with Crippen molar-refractivity contribution in [3.05, 3.63) is 32.8 Å². The normalized spacial score (nSPS) is 11.5. The number of aliphatic hydroxyl groups excluding tert-OH is 2. The van der Waals surface area contributed by atoms with Crippen LogP contribution in [0, 0.1) is 10.1 Å². The third-order valence-corrected chi connectivity index (χ3v) is 3.18. The maximum atomic E-state index is 12.8. The molecule has 0 bridgehead atoms. The topological polar surface area (TPSA) is 86.8 Å². The molecule has 0 saturated heterocycles. The van der Waals surface area contributed by atoms with Crippen LogP contribution < -0.4 is 4.90 Å². The summed E-state index contributed by atoms with van der Waals surface area (Å²) in [4.78, 5) is 11.4. The molecule has 0 spiro atoms. The Morgan fingerprint density at radius 2 is 1.86 bits per heavy atom. The second-order valence-electron chi connectivity index (χ2n) is 4.36. The zero-order valence-corrected chi connectivity index (χ0v) is 12.1. The molecule has 0 aromatic heterocycles. The summed E-state index contributed by atoms with van der Waals surface area (Å²) >= 11 is 5.59. The molecule has 124 valence electrons. The number of nitrogens with zero attached hydrogens (tertiary/aromatic N) is 2. The molecule has 0 aliphatic carbocycles. The molecule has 22 heavy (non-hydrogen) atoms. The first-order valence-corrected chi connectivity index (χ1v) is 6.62. The average Bonchev–Trinajstić information content (AvgIpc) is 2.41. The van der Waals surface area contributed by atoms with Crippen molar-refractivity contribution in [2.75, 3.05) is 31.2 Å². The van der Waals surface area contributed by atoms with Crippen LogP contribution in [0.25, 0.3) is 0 Å². The molecule has 0 radical (unpaired) electrons. The zero-order chi connectivity index (χ0) is 16.9. The Labute approximate surface area is 128 Å². The highest BCUT2D eigenvalue weighted by Crippen LogP contribution is 2.41. The molecule has 0 fully saturated rings. The smallest absolute Gasteiger partial charge is 0.396 e. The third-order valence-electron chi connectivity index (χ3n) is 2.86. The number of nitro benzene ring substituents is 1. The van der Waals surface area contributed by atoms with E-state index >= 15 is 0 Å². The molecular formula is C12H14ClF3N2O4. The van der Waals surface area contributed by atoms with Crippen molar-refractivity contribution in [1.29, 1.82) is 0 Å². The summed E-state index contributed by atoms with van der Waals surface area (Å²) in [6.45, 7) is -0.479. The number of hydrogen-bond donors (Lipinski definition) is 2. The van der Waals surface area contributed by atoms with Crippen LogP contribution in [0.1, 0.15) is 12.0 Å². The molecule has 0 unspecified atom stereocenters. The minimum Gasteiger partial charge on any atom is -0.396 e. The standard InChI is InChI=1S/C12H14ClF3N2O4/c13-9-7-10(17(3-5-20)2-1-4-19)11(18(21)22)6-8(9)12(14,15)16/h6-7,19-20H,1-5H2. The number of nitro groups is 1. The van der Waals surface area contributed by atoms with Crippen LogP contribution in [-0.2, 0) is 6.18 Å². The first-order chi connectivity index (χ1) is 10.2. The van der Waals surface area contributed by atoms with E-state index in [1.165, 1.54) is 4.90 Å². The van der Waals surface area contributed by atoms with Gasteiger partial charge in [-0.2, -0.15) is 13.2 Å². The molecule has 6 nitrogen and oxygen atoms in total. The van der Waals surface area contributed by atoms with Crippen molar-refractivity contribution in [2.45, 2.75) is 12.6 Å². The van der Waals surface area contributed by atoms with Gasteiger partial charge in [0.1, 0.15) is 5.69 Å². The fourth-order valence-electron chi connectivity index (χ4n) is 1.90. The van der Waals surface area contributed by atoms with Gasteiger partial charge in [-0.3, -0.25) is 10.1 Å². The van der Waals surface area contributed by atoms with E-state index in [1.807, 2.05) is 0 Å². The predicted molar refractivity (Wildman–Crippen MR) is 74.1 cm³/mol.